The number of alkyl halides is 3. The zero-order chi connectivity index (χ0) is 29.0. The molecule has 2 heterocycles. The van der Waals surface area contributed by atoms with Crippen molar-refractivity contribution in [1.29, 1.82) is 0 Å². The highest BCUT2D eigenvalue weighted by molar-refractivity contribution is 8.32. The predicted molar refractivity (Wildman–Crippen MR) is 138 cm³/mol. The van der Waals surface area contributed by atoms with Gasteiger partial charge in [0.1, 0.15) is 18.1 Å². The van der Waals surface area contributed by atoms with Crippen LogP contribution >= 0.6 is 10.0 Å². The number of nitrogens with one attached hydrogen (secondary N) is 2. The largest absolute Gasteiger partial charge is 0.450 e. The first-order valence-corrected chi connectivity index (χ1v) is 14.5. The summed E-state index contributed by atoms with van der Waals surface area (Å²) < 4.78 is 83.3. The number of nitrogens with two attached hydrogens (primary N) is 1. The first kappa shape index (κ1) is 30.0. The molecule has 0 saturated heterocycles. The van der Waals surface area contributed by atoms with Gasteiger partial charge in [0.25, 0.3) is 0 Å². The zero-order valence-corrected chi connectivity index (χ0v) is 22.1. The number of aromatic nitrogens is 2. The average molecular weight is 578 g/mol. The van der Waals surface area contributed by atoms with Gasteiger partial charge in [-0.1, -0.05) is 0 Å². The molecule has 0 aliphatic heterocycles. The van der Waals surface area contributed by atoms with Gasteiger partial charge >= 0.3 is 12.2 Å². The second-order valence-corrected chi connectivity index (χ2v) is 13.9. The lowest BCUT2D eigenvalue weighted by atomic mass is 10.2. The van der Waals surface area contributed by atoms with Gasteiger partial charge in [0.15, 0.2) is 17.4 Å². The van der Waals surface area contributed by atoms with Crippen LogP contribution in [0.3, 0.4) is 0 Å². The Kier molecular flexibility index (Phi) is 9.27. The maximum absolute atomic E-state index is 14.8. The summed E-state index contributed by atoms with van der Waals surface area (Å²) in [5.74, 6) is -3.93. The third-order valence-electron chi connectivity index (χ3n) is 5.22. The smallest absolute Gasteiger partial charge is 0.418 e. The second-order valence-electron chi connectivity index (χ2n) is 9.32. The van der Waals surface area contributed by atoms with E-state index in [4.69, 9.17) is 15.2 Å². The molecule has 15 heteroatoms. The molecule has 0 fully saturated rings. The third-order valence-corrected chi connectivity index (χ3v) is 6.61. The topological polar surface area (TPSA) is 120 Å². The van der Waals surface area contributed by atoms with Crippen LogP contribution in [0.1, 0.15) is 12.0 Å². The quantitative estimate of drug-likeness (QED) is 0.224. The summed E-state index contributed by atoms with van der Waals surface area (Å²) in [6.07, 6.45) is 3.23. The molecule has 3 aromatic rings. The molecule has 0 radical (unpaired) electrons. The summed E-state index contributed by atoms with van der Waals surface area (Å²) in [6.45, 7) is 0.00832. The van der Waals surface area contributed by atoms with Crippen molar-refractivity contribution in [2.45, 2.75) is 19.3 Å². The molecule has 0 bridgehead atoms. The minimum absolute atomic E-state index is 0.102. The summed E-state index contributed by atoms with van der Waals surface area (Å²) in [5.41, 5.74) is 3.41. The normalized spacial score (nSPS) is 12.4. The molecular formula is C24H28F5N5O4S. The number of hydrogen-bond acceptors (Lipinski definition) is 5. The number of amides is 3. The van der Waals surface area contributed by atoms with Gasteiger partial charge in [0.2, 0.25) is 5.91 Å². The van der Waals surface area contributed by atoms with Crippen molar-refractivity contribution in [2.75, 3.05) is 43.0 Å². The van der Waals surface area contributed by atoms with Gasteiger partial charge in [-0.15, -0.1) is 0 Å². The molecule has 0 atom stereocenters. The van der Waals surface area contributed by atoms with E-state index in [1.54, 1.807) is 0 Å². The van der Waals surface area contributed by atoms with Crippen molar-refractivity contribution in [1.82, 2.24) is 14.9 Å². The van der Waals surface area contributed by atoms with Gasteiger partial charge < -0.3 is 30.4 Å². The summed E-state index contributed by atoms with van der Waals surface area (Å²) in [7, 11) is -0.870. The summed E-state index contributed by atoms with van der Waals surface area (Å²) in [4.78, 5) is 26.6. The van der Waals surface area contributed by atoms with Crippen molar-refractivity contribution < 1.29 is 41.0 Å². The molecule has 3 amide bonds. The number of carbonyl (C=O) groups is 2. The summed E-state index contributed by atoms with van der Waals surface area (Å²) in [5, 5.41) is 3.95. The van der Waals surface area contributed by atoms with E-state index in [1.807, 2.05) is 0 Å². The van der Waals surface area contributed by atoms with Gasteiger partial charge in [-0.05, 0) is 24.8 Å². The standard InChI is InChI=1S/C24H28F5N5O4S/c1-39(2,3)9-8-37-13-34-12-15(24(27,28)29)20-18(4-6-31-22(20)34)38-21-16(25)10-14(11-17(21)26)33-23(36)32-7-5-19(30)35/h4,6,10-12H,5,7-9,13H2,1-3H3,(H2,30,35)(H2,32,33,36). The lowest BCUT2D eigenvalue weighted by Crippen LogP contribution is -2.31. The number of pyridine rings is 1. The Balaban J connectivity index is 1.87. The molecule has 4 N–H and O–H groups in total. The highest BCUT2D eigenvalue weighted by Gasteiger charge is 2.37. The number of nitrogens with zero attached hydrogens (tertiary/aromatic N) is 2. The fourth-order valence-electron chi connectivity index (χ4n) is 3.37. The van der Waals surface area contributed by atoms with E-state index in [0.717, 1.165) is 40.9 Å². The predicted octanol–water partition coefficient (Wildman–Crippen LogP) is 4.79. The highest BCUT2D eigenvalue weighted by Crippen LogP contribution is 2.42. The van der Waals surface area contributed by atoms with Gasteiger partial charge in [0.05, 0.1) is 17.6 Å². The summed E-state index contributed by atoms with van der Waals surface area (Å²) >= 11 is 0. The molecule has 9 nitrogen and oxygen atoms in total. The fourth-order valence-corrected chi connectivity index (χ4v) is 3.99. The number of fused-ring (bicyclic) bond motifs is 1. The lowest BCUT2D eigenvalue weighted by molar-refractivity contribution is -0.136. The van der Waals surface area contributed by atoms with E-state index < -0.39 is 62.2 Å². The third kappa shape index (κ3) is 8.20. The number of anilines is 1. The maximum Gasteiger partial charge on any atom is 0.418 e. The van der Waals surface area contributed by atoms with E-state index in [0.29, 0.717) is 6.61 Å². The highest BCUT2D eigenvalue weighted by atomic mass is 32.3. The SMILES string of the molecule is CS(C)(C)CCOCn1cc(C(F)(F)F)c2c(Oc3c(F)cc(NC(=O)NCCC(N)=O)cc3F)ccnc21. The second kappa shape index (κ2) is 12.1. The molecule has 1 aromatic carbocycles. The van der Waals surface area contributed by atoms with Crippen LogP contribution in [-0.2, 0) is 22.4 Å². The number of carbonyl (C=O) groups excluding carboxylic acids is 2. The van der Waals surface area contributed by atoms with Crippen molar-refractivity contribution in [3.63, 3.8) is 0 Å². The number of benzene rings is 1. The van der Waals surface area contributed by atoms with Crippen LogP contribution in [0.5, 0.6) is 11.5 Å². The van der Waals surface area contributed by atoms with Crippen molar-refractivity contribution in [2.24, 2.45) is 5.73 Å². The Morgan fingerprint density at radius 2 is 1.82 bits per heavy atom. The van der Waals surface area contributed by atoms with Gasteiger partial charge in [-0.25, -0.2) is 28.6 Å². The first-order chi connectivity index (χ1) is 18.2. The number of halogens is 5. The molecule has 0 spiro atoms. The van der Waals surface area contributed by atoms with Crippen LogP contribution in [0, 0.1) is 11.6 Å². The Hall–Kier alpha value is -3.59. The molecule has 0 saturated carbocycles. The van der Waals surface area contributed by atoms with E-state index in [2.05, 4.69) is 34.4 Å². The Bertz CT molecular complexity index is 1330. The lowest BCUT2D eigenvalue weighted by Gasteiger charge is -2.24. The van der Waals surface area contributed by atoms with Crippen LogP contribution in [0.15, 0.2) is 30.6 Å². The van der Waals surface area contributed by atoms with E-state index >= 15 is 0 Å². The molecular weight excluding hydrogens is 549 g/mol. The number of primary amides is 1. The molecule has 3 rings (SSSR count). The molecule has 0 aliphatic rings. The van der Waals surface area contributed by atoms with Crippen molar-refractivity contribution in [3.8, 4) is 11.5 Å². The number of ether oxygens (including phenoxy) is 2. The van der Waals surface area contributed by atoms with Crippen LogP contribution in [-0.4, -0.2) is 59.2 Å². The van der Waals surface area contributed by atoms with Gasteiger partial charge in [0, 0.05) is 48.9 Å². The van der Waals surface area contributed by atoms with Crippen LogP contribution in [0.2, 0.25) is 0 Å². The number of urea groups is 1. The molecule has 2 aromatic heterocycles. The Morgan fingerprint density at radius 3 is 2.41 bits per heavy atom. The molecule has 0 unspecified atom stereocenters. The number of hydrogen-bond donors (Lipinski definition) is 3. The van der Waals surface area contributed by atoms with Crippen LogP contribution in [0.4, 0.5) is 32.4 Å². The minimum Gasteiger partial charge on any atom is -0.450 e. The first-order valence-electron chi connectivity index (χ1n) is 11.4. The van der Waals surface area contributed by atoms with Crippen LogP contribution in [0.25, 0.3) is 11.0 Å². The van der Waals surface area contributed by atoms with E-state index in [-0.39, 0.29) is 31.0 Å². The number of rotatable bonds is 11. The Labute approximate surface area is 222 Å². The van der Waals surface area contributed by atoms with E-state index in [9.17, 15) is 31.5 Å². The van der Waals surface area contributed by atoms with Gasteiger partial charge in [-0.3, -0.25) is 4.79 Å². The average Bonchev–Trinajstić information content (AvgIpc) is 3.18. The molecule has 39 heavy (non-hydrogen) atoms. The van der Waals surface area contributed by atoms with Crippen LogP contribution < -0.4 is 21.1 Å². The monoisotopic (exact) mass is 577 g/mol. The molecule has 0 aliphatic carbocycles. The summed E-state index contributed by atoms with van der Waals surface area (Å²) in [6, 6.07) is 1.65. The fraction of sp³-hybridized carbons (Fsp3) is 0.375. The zero-order valence-electron chi connectivity index (χ0n) is 21.3. The molecule has 214 valence electrons. The Morgan fingerprint density at radius 1 is 1.15 bits per heavy atom. The van der Waals surface area contributed by atoms with Gasteiger partial charge in [-0.2, -0.15) is 13.2 Å². The minimum atomic E-state index is -4.83. The van der Waals surface area contributed by atoms with Crippen molar-refractivity contribution in [3.05, 3.63) is 47.8 Å². The maximum atomic E-state index is 14.8. The van der Waals surface area contributed by atoms with E-state index in [1.165, 1.54) is 0 Å². The van der Waals surface area contributed by atoms with Crippen molar-refractivity contribution >= 4 is 38.7 Å².